The van der Waals surface area contributed by atoms with Crippen molar-refractivity contribution in [2.75, 3.05) is 11.9 Å². The molecule has 0 fully saturated rings. The Bertz CT molecular complexity index is 545. The molecule has 0 aromatic carbocycles. The second-order valence-corrected chi connectivity index (χ2v) is 4.84. The minimum absolute atomic E-state index is 0.0448. The topological polar surface area (TPSA) is 75.1 Å². The van der Waals surface area contributed by atoms with Crippen LogP contribution >= 0.6 is 22.9 Å². The Kier molecular flexibility index (Phi) is 4.11. The Hall–Kier alpha value is -1.66. The van der Waals surface area contributed by atoms with Gasteiger partial charge >= 0.3 is 5.97 Å². The smallest absolute Gasteiger partial charge is 0.337 e. The Morgan fingerprint density at radius 2 is 2.33 bits per heavy atom. The maximum Gasteiger partial charge on any atom is 0.337 e. The van der Waals surface area contributed by atoms with Crippen LogP contribution in [0.2, 0.25) is 5.02 Å². The molecule has 0 saturated heterocycles. The van der Waals surface area contributed by atoms with E-state index < -0.39 is 5.97 Å². The van der Waals surface area contributed by atoms with Gasteiger partial charge < -0.3 is 10.4 Å². The van der Waals surface area contributed by atoms with E-state index in [1.807, 2.05) is 5.38 Å². The molecule has 7 heteroatoms. The molecule has 0 spiro atoms. The van der Waals surface area contributed by atoms with E-state index in [1.54, 1.807) is 17.5 Å². The highest BCUT2D eigenvalue weighted by molar-refractivity contribution is 7.09. The average molecular weight is 284 g/mol. The minimum atomic E-state index is -1.06. The summed E-state index contributed by atoms with van der Waals surface area (Å²) in [5.41, 5.74) is 0.0448. The molecule has 2 N–H and O–H groups in total. The number of halogens is 1. The summed E-state index contributed by atoms with van der Waals surface area (Å²) in [6, 6.07) is 1.42. The van der Waals surface area contributed by atoms with Crippen molar-refractivity contribution >= 4 is 34.7 Å². The summed E-state index contributed by atoms with van der Waals surface area (Å²) in [4.78, 5) is 19.1. The van der Waals surface area contributed by atoms with Crippen molar-refractivity contribution in [3.63, 3.8) is 0 Å². The quantitative estimate of drug-likeness (QED) is 0.882. The zero-order chi connectivity index (χ0) is 13.0. The number of nitrogens with zero attached hydrogens (tertiary/aromatic N) is 2. The fourth-order valence-electron chi connectivity index (χ4n) is 1.37. The largest absolute Gasteiger partial charge is 0.478 e. The number of anilines is 1. The number of hydrogen-bond acceptors (Lipinski definition) is 5. The molecule has 2 aromatic heterocycles. The number of carboxylic acids is 1. The first-order valence-electron chi connectivity index (χ1n) is 5.18. The van der Waals surface area contributed by atoms with Crippen molar-refractivity contribution in [3.05, 3.63) is 39.4 Å². The van der Waals surface area contributed by atoms with Gasteiger partial charge in [0.25, 0.3) is 0 Å². The lowest BCUT2D eigenvalue weighted by Crippen LogP contribution is -2.08. The maximum absolute atomic E-state index is 10.9. The molecular formula is C11H10ClN3O2S. The van der Waals surface area contributed by atoms with Gasteiger partial charge in [-0.3, -0.25) is 0 Å². The predicted octanol–water partition coefficient (Wildman–Crippen LogP) is 2.54. The van der Waals surface area contributed by atoms with Crippen LogP contribution in [0.4, 0.5) is 5.82 Å². The molecule has 2 aromatic rings. The first-order chi connectivity index (χ1) is 8.66. The lowest BCUT2D eigenvalue weighted by molar-refractivity contribution is 0.0697. The number of aromatic nitrogens is 2. The van der Waals surface area contributed by atoms with Gasteiger partial charge in [-0.15, -0.1) is 11.3 Å². The summed E-state index contributed by atoms with van der Waals surface area (Å²) in [6.07, 6.45) is 3.85. The van der Waals surface area contributed by atoms with Crippen LogP contribution in [0.1, 0.15) is 15.4 Å². The van der Waals surface area contributed by atoms with Gasteiger partial charge in [0, 0.05) is 30.7 Å². The van der Waals surface area contributed by atoms with E-state index in [2.05, 4.69) is 15.3 Å². The standard InChI is InChI=1S/C11H10ClN3O2S/c12-8-6-15-9(5-7(8)11(16)17)13-2-1-10-14-3-4-18-10/h3-6H,1-2H2,(H,13,15)(H,16,17). The van der Waals surface area contributed by atoms with Crippen molar-refractivity contribution in [2.24, 2.45) is 0 Å². The molecule has 0 saturated carbocycles. The summed E-state index contributed by atoms with van der Waals surface area (Å²) < 4.78 is 0. The molecular weight excluding hydrogens is 274 g/mol. The molecule has 0 unspecified atom stereocenters. The summed E-state index contributed by atoms with van der Waals surface area (Å²) in [7, 11) is 0. The van der Waals surface area contributed by atoms with Crippen LogP contribution in [0, 0.1) is 0 Å². The second-order valence-electron chi connectivity index (χ2n) is 3.46. The number of thiazole rings is 1. The molecule has 0 aliphatic heterocycles. The third kappa shape index (κ3) is 3.18. The van der Waals surface area contributed by atoms with Gasteiger partial charge in [-0.25, -0.2) is 14.8 Å². The molecule has 0 aliphatic rings. The van der Waals surface area contributed by atoms with Crippen LogP contribution in [0.5, 0.6) is 0 Å². The molecule has 5 nitrogen and oxygen atoms in total. The van der Waals surface area contributed by atoms with E-state index in [0.29, 0.717) is 12.4 Å². The Balaban J connectivity index is 1.97. The number of pyridine rings is 1. The fraction of sp³-hybridized carbons (Fsp3) is 0.182. The highest BCUT2D eigenvalue weighted by Gasteiger charge is 2.10. The number of aromatic carboxylic acids is 1. The highest BCUT2D eigenvalue weighted by atomic mass is 35.5. The van der Waals surface area contributed by atoms with Gasteiger partial charge in [-0.1, -0.05) is 11.6 Å². The maximum atomic E-state index is 10.9. The minimum Gasteiger partial charge on any atom is -0.478 e. The first kappa shape index (κ1) is 12.8. The number of hydrogen-bond donors (Lipinski definition) is 2. The van der Waals surface area contributed by atoms with Crippen molar-refractivity contribution in [1.82, 2.24) is 9.97 Å². The Morgan fingerprint density at radius 1 is 1.50 bits per heavy atom. The van der Waals surface area contributed by atoms with Crippen LogP contribution in [0.3, 0.4) is 0 Å². The third-order valence-electron chi connectivity index (χ3n) is 2.21. The monoisotopic (exact) mass is 283 g/mol. The predicted molar refractivity (Wildman–Crippen MR) is 70.5 cm³/mol. The molecule has 2 rings (SSSR count). The van der Waals surface area contributed by atoms with Gasteiger partial charge in [0.15, 0.2) is 0 Å². The van der Waals surface area contributed by atoms with Crippen LogP contribution in [0.25, 0.3) is 0 Å². The van der Waals surface area contributed by atoms with Crippen molar-refractivity contribution in [1.29, 1.82) is 0 Å². The summed E-state index contributed by atoms with van der Waals surface area (Å²) >= 11 is 7.31. The van der Waals surface area contributed by atoms with E-state index in [9.17, 15) is 4.79 Å². The zero-order valence-corrected chi connectivity index (χ0v) is 10.8. The lowest BCUT2D eigenvalue weighted by Gasteiger charge is -2.06. The first-order valence-corrected chi connectivity index (χ1v) is 6.43. The van der Waals surface area contributed by atoms with Crippen LogP contribution in [0.15, 0.2) is 23.8 Å². The van der Waals surface area contributed by atoms with E-state index in [0.717, 1.165) is 11.4 Å². The molecule has 0 aliphatic carbocycles. The number of rotatable bonds is 5. The Labute approximate surface area is 112 Å². The lowest BCUT2D eigenvalue weighted by atomic mass is 10.2. The van der Waals surface area contributed by atoms with Crippen LogP contribution in [-0.2, 0) is 6.42 Å². The fourth-order valence-corrected chi connectivity index (χ4v) is 2.18. The van der Waals surface area contributed by atoms with Crippen molar-refractivity contribution in [3.8, 4) is 0 Å². The van der Waals surface area contributed by atoms with Gasteiger partial charge in [-0.05, 0) is 6.07 Å². The van der Waals surface area contributed by atoms with Crippen molar-refractivity contribution in [2.45, 2.75) is 6.42 Å². The third-order valence-corrected chi connectivity index (χ3v) is 3.35. The molecule has 18 heavy (non-hydrogen) atoms. The SMILES string of the molecule is O=C(O)c1cc(NCCc2nccs2)ncc1Cl. The normalized spacial score (nSPS) is 10.3. The van der Waals surface area contributed by atoms with Gasteiger partial charge in [0.2, 0.25) is 0 Å². The zero-order valence-electron chi connectivity index (χ0n) is 9.26. The van der Waals surface area contributed by atoms with Gasteiger partial charge in [0.1, 0.15) is 5.82 Å². The summed E-state index contributed by atoms with van der Waals surface area (Å²) in [5, 5.41) is 15.0. The van der Waals surface area contributed by atoms with Gasteiger partial charge in [0.05, 0.1) is 15.6 Å². The number of carboxylic acid groups (broad SMARTS) is 1. The van der Waals surface area contributed by atoms with E-state index in [-0.39, 0.29) is 10.6 Å². The van der Waals surface area contributed by atoms with Gasteiger partial charge in [-0.2, -0.15) is 0 Å². The molecule has 0 radical (unpaired) electrons. The van der Waals surface area contributed by atoms with E-state index in [1.165, 1.54) is 12.3 Å². The second kappa shape index (κ2) is 5.79. The highest BCUT2D eigenvalue weighted by Crippen LogP contribution is 2.17. The summed E-state index contributed by atoms with van der Waals surface area (Å²) in [5.74, 6) is -0.571. The molecule has 0 amide bonds. The van der Waals surface area contributed by atoms with E-state index in [4.69, 9.17) is 16.7 Å². The number of carbonyl (C=O) groups is 1. The Morgan fingerprint density at radius 3 is 3.00 bits per heavy atom. The molecule has 2 heterocycles. The van der Waals surface area contributed by atoms with Crippen molar-refractivity contribution < 1.29 is 9.90 Å². The van der Waals surface area contributed by atoms with E-state index >= 15 is 0 Å². The molecule has 94 valence electrons. The summed E-state index contributed by atoms with van der Waals surface area (Å²) in [6.45, 7) is 0.640. The number of nitrogens with one attached hydrogen (secondary N) is 1. The van der Waals surface area contributed by atoms with Crippen LogP contribution in [-0.4, -0.2) is 27.6 Å². The average Bonchev–Trinajstić information content (AvgIpc) is 2.84. The molecule has 0 atom stereocenters. The van der Waals surface area contributed by atoms with Crippen LogP contribution < -0.4 is 5.32 Å². The molecule has 0 bridgehead atoms.